The fraction of sp³-hybridized carbons (Fsp3) is 0.208. The molecule has 0 saturated carbocycles. The van der Waals surface area contributed by atoms with Crippen molar-refractivity contribution < 1.29 is 9.90 Å². The Bertz CT molecular complexity index is 808. The number of carbonyl (C=O) groups is 1. The Hall–Kier alpha value is -2.75. The first-order chi connectivity index (χ1) is 13.1. The van der Waals surface area contributed by atoms with Crippen molar-refractivity contribution in [2.24, 2.45) is 5.92 Å². The number of hydrogen-bond donors (Lipinski definition) is 2. The van der Waals surface area contributed by atoms with E-state index in [9.17, 15) is 9.90 Å². The molecule has 3 aromatic rings. The van der Waals surface area contributed by atoms with Crippen molar-refractivity contribution in [1.29, 1.82) is 0 Å². The molecule has 3 rings (SSSR count). The molecule has 3 aromatic carbocycles. The normalized spacial score (nSPS) is 12.5. The summed E-state index contributed by atoms with van der Waals surface area (Å²) in [5.74, 6) is -0.0864. The van der Waals surface area contributed by atoms with E-state index in [0.29, 0.717) is 12.1 Å². The molecular formula is C24H25NO2. The quantitative estimate of drug-likeness (QED) is 0.597. The van der Waals surface area contributed by atoms with Crippen molar-refractivity contribution >= 4 is 5.78 Å². The first-order valence-electron chi connectivity index (χ1n) is 9.24. The average molecular weight is 359 g/mol. The Morgan fingerprint density at radius 3 is 1.78 bits per heavy atom. The first kappa shape index (κ1) is 19.0. The molecule has 1 unspecified atom stereocenters. The fourth-order valence-electron chi connectivity index (χ4n) is 3.40. The first-order valence-corrected chi connectivity index (χ1v) is 9.24. The van der Waals surface area contributed by atoms with Crippen LogP contribution in [0, 0.1) is 5.92 Å². The maximum Gasteiger partial charge on any atom is 0.176 e. The third kappa shape index (κ3) is 4.33. The highest BCUT2D eigenvalue weighted by Gasteiger charge is 2.37. The zero-order chi connectivity index (χ0) is 19.1. The minimum atomic E-state index is -1.13. The van der Waals surface area contributed by atoms with Gasteiger partial charge in [0.2, 0.25) is 0 Å². The molecule has 0 amide bonds. The Morgan fingerprint density at radius 1 is 0.852 bits per heavy atom. The Balaban J connectivity index is 1.74. The van der Waals surface area contributed by atoms with E-state index in [1.54, 1.807) is 0 Å². The monoisotopic (exact) mass is 359 g/mol. The predicted molar refractivity (Wildman–Crippen MR) is 109 cm³/mol. The van der Waals surface area contributed by atoms with E-state index >= 15 is 0 Å². The van der Waals surface area contributed by atoms with Crippen molar-refractivity contribution in [1.82, 2.24) is 5.32 Å². The van der Waals surface area contributed by atoms with Gasteiger partial charge in [-0.05, 0) is 11.1 Å². The van der Waals surface area contributed by atoms with Crippen molar-refractivity contribution in [3.8, 4) is 0 Å². The van der Waals surface area contributed by atoms with Crippen LogP contribution in [0.25, 0.3) is 0 Å². The van der Waals surface area contributed by atoms with E-state index in [-0.39, 0.29) is 18.2 Å². The molecule has 0 aliphatic carbocycles. The molecule has 0 spiro atoms. The van der Waals surface area contributed by atoms with E-state index in [0.717, 1.165) is 11.1 Å². The molecule has 0 aromatic heterocycles. The van der Waals surface area contributed by atoms with Gasteiger partial charge in [0.25, 0.3) is 0 Å². The molecule has 3 nitrogen and oxygen atoms in total. The number of Topliss-reactive ketones (excluding diaryl/α,β-unsaturated/α-hetero) is 1. The lowest BCUT2D eigenvalue weighted by molar-refractivity contribution is 0.0241. The second kappa shape index (κ2) is 8.76. The van der Waals surface area contributed by atoms with Gasteiger partial charge in [-0.2, -0.15) is 0 Å². The molecule has 1 atom stereocenters. The molecule has 0 aliphatic rings. The lowest BCUT2D eigenvalue weighted by Crippen LogP contribution is -2.41. The topological polar surface area (TPSA) is 49.3 Å². The molecule has 27 heavy (non-hydrogen) atoms. The van der Waals surface area contributed by atoms with Crippen molar-refractivity contribution in [3.05, 3.63) is 108 Å². The van der Waals surface area contributed by atoms with Gasteiger partial charge in [0.1, 0.15) is 5.60 Å². The van der Waals surface area contributed by atoms with Crippen LogP contribution in [0.3, 0.4) is 0 Å². The third-order valence-corrected chi connectivity index (χ3v) is 4.97. The molecule has 0 aliphatic heterocycles. The maximum absolute atomic E-state index is 12.3. The van der Waals surface area contributed by atoms with E-state index in [1.807, 2.05) is 97.9 Å². The number of aliphatic hydroxyl groups is 1. The molecule has 3 heteroatoms. The zero-order valence-corrected chi connectivity index (χ0v) is 15.5. The number of benzene rings is 3. The van der Waals surface area contributed by atoms with Crippen LogP contribution in [0.1, 0.15) is 28.4 Å². The van der Waals surface area contributed by atoms with E-state index in [2.05, 4.69) is 5.32 Å². The summed E-state index contributed by atoms with van der Waals surface area (Å²) in [6.07, 6.45) is 0. The SMILES string of the molecule is CC(CNCC(=O)c1ccccc1)C(O)(c1ccccc1)c1ccccc1. The number of nitrogens with one attached hydrogen (secondary N) is 1. The number of rotatable bonds is 8. The van der Waals surface area contributed by atoms with E-state index < -0.39 is 5.60 Å². The lowest BCUT2D eigenvalue weighted by atomic mass is 9.77. The molecule has 0 heterocycles. The van der Waals surface area contributed by atoms with Crippen molar-refractivity contribution in [2.75, 3.05) is 13.1 Å². The van der Waals surface area contributed by atoms with Gasteiger partial charge in [0, 0.05) is 18.0 Å². The van der Waals surface area contributed by atoms with Gasteiger partial charge in [-0.15, -0.1) is 0 Å². The minimum Gasteiger partial charge on any atom is -0.380 e. The summed E-state index contributed by atoms with van der Waals surface area (Å²) in [7, 11) is 0. The Kier molecular flexibility index (Phi) is 6.17. The van der Waals surface area contributed by atoms with Crippen LogP contribution >= 0.6 is 0 Å². The van der Waals surface area contributed by atoms with Crippen LogP contribution in [-0.4, -0.2) is 24.0 Å². The van der Waals surface area contributed by atoms with Crippen molar-refractivity contribution in [3.63, 3.8) is 0 Å². The summed E-state index contributed by atoms with van der Waals surface area (Å²) in [5, 5.41) is 14.9. The smallest absolute Gasteiger partial charge is 0.176 e. The summed E-state index contributed by atoms with van der Waals surface area (Å²) in [5.41, 5.74) is 1.25. The maximum atomic E-state index is 12.3. The fourth-order valence-corrected chi connectivity index (χ4v) is 3.40. The second-order valence-electron chi connectivity index (χ2n) is 6.82. The van der Waals surface area contributed by atoms with Crippen LogP contribution in [0.5, 0.6) is 0 Å². The average Bonchev–Trinajstić information content (AvgIpc) is 2.74. The highest BCUT2D eigenvalue weighted by atomic mass is 16.3. The second-order valence-corrected chi connectivity index (χ2v) is 6.82. The van der Waals surface area contributed by atoms with Crippen molar-refractivity contribution in [2.45, 2.75) is 12.5 Å². The number of hydrogen-bond acceptors (Lipinski definition) is 3. The highest BCUT2D eigenvalue weighted by molar-refractivity contribution is 5.97. The Labute approximate surface area is 160 Å². The van der Waals surface area contributed by atoms with Crippen LogP contribution < -0.4 is 5.32 Å². The Morgan fingerprint density at radius 2 is 1.30 bits per heavy atom. The molecule has 0 radical (unpaired) electrons. The summed E-state index contributed by atoms with van der Waals surface area (Å²) >= 11 is 0. The summed E-state index contributed by atoms with van der Waals surface area (Å²) < 4.78 is 0. The lowest BCUT2D eigenvalue weighted by Gasteiger charge is -2.35. The molecule has 0 saturated heterocycles. The van der Waals surface area contributed by atoms with Crippen LogP contribution in [0.4, 0.5) is 0 Å². The summed E-state index contributed by atoms with van der Waals surface area (Å²) in [4.78, 5) is 12.3. The molecule has 0 bridgehead atoms. The summed E-state index contributed by atoms with van der Waals surface area (Å²) in [6, 6.07) is 28.6. The molecule has 2 N–H and O–H groups in total. The van der Waals surface area contributed by atoms with Gasteiger partial charge in [-0.25, -0.2) is 0 Å². The van der Waals surface area contributed by atoms with Gasteiger partial charge >= 0.3 is 0 Å². The number of ketones is 1. The van der Waals surface area contributed by atoms with Gasteiger partial charge in [0.05, 0.1) is 6.54 Å². The summed E-state index contributed by atoms with van der Waals surface area (Å²) in [6.45, 7) is 2.76. The number of carbonyl (C=O) groups excluding carboxylic acids is 1. The standard InChI is InChI=1S/C24H25NO2/c1-19(17-25-18-23(26)20-11-5-2-6-12-20)24(27,21-13-7-3-8-14-21)22-15-9-4-10-16-22/h2-16,19,25,27H,17-18H2,1H3. The largest absolute Gasteiger partial charge is 0.380 e. The van der Waals surface area contributed by atoms with Gasteiger partial charge in [-0.1, -0.05) is 97.9 Å². The predicted octanol–water partition coefficient (Wildman–Crippen LogP) is 4.03. The van der Waals surface area contributed by atoms with E-state index in [1.165, 1.54) is 0 Å². The van der Waals surface area contributed by atoms with Gasteiger partial charge in [-0.3, -0.25) is 4.79 Å². The molecular weight excluding hydrogens is 334 g/mol. The highest BCUT2D eigenvalue weighted by Crippen LogP contribution is 2.36. The van der Waals surface area contributed by atoms with Crippen LogP contribution in [-0.2, 0) is 5.60 Å². The molecule has 138 valence electrons. The van der Waals surface area contributed by atoms with Gasteiger partial charge in [0.15, 0.2) is 5.78 Å². The van der Waals surface area contributed by atoms with Gasteiger partial charge < -0.3 is 10.4 Å². The minimum absolute atomic E-state index is 0.0470. The van der Waals surface area contributed by atoms with E-state index in [4.69, 9.17) is 0 Å². The third-order valence-electron chi connectivity index (χ3n) is 4.97. The molecule has 0 fully saturated rings. The zero-order valence-electron chi connectivity index (χ0n) is 15.5. The van der Waals surface area contributed by atoms with Crippen LogP contribution in [0.2, 0.25) is 0 Å². The van der Waals surface area contributed by atoms with Crippen LogP contribution in [0.15, 0.2) is 91.0 Å².